The van der Waals surface area contributed by atoms with Crippen LogP contribution in [0.1, 0.15) is 146 Å². The van der Waals surface area contributed by atoms with E-state index in [1.54, 1.807) is 14.2 Å². The van der Waals surface area contributed by atoms with Gasteiger partial charge in [0.15, 0.2) is 11.6 Å². The van der Waals surface area contributed by atoms with Crippen molar-refractivity contribution >= 4 is 76.2 Å². The quantitative estimate of drug-likeness (QED) is 0.0134. The molecule has 2 fully saturated rings. The van der Waals surface area contributed by atoms with Gasteiger partial charge in [-0.3, -0.25) is 0 Å². The first-order valence-electron chi connectivity index (χ1n) is 34.3. The van der Waals surface area contributed by atoms with Crippen LogP contribution >= 0.6 is 22.6 Å². The van der Waals surface area contributed by atoms with Gasteiger partial charge in [-0.15, -0.1) is 0 Å². The Balaban J connectivity index is 0.000000276. The second kappa shape index (κ2) is 39.9. The maximum atomic E-state index is 13.1. The van der Waals surface area contributed by atoms with Crippen LogP contribution in [0, 0.1) is 39.5 Å². The third-order valence-electron chi connectivity index (χ3n) is 16.5. The summed E-state index contributed by atoms with van der Waals surface area (Å²) in [4.78, 5) is 25.8. The van der Waals surface area contributed by atoms with Crippen molar-refractivity contribution in [3.05, 3.63) is 189 Å². The molecule has 0 spiro atoms. The normalized spacial score (nSPS) is 18.9. The molecule has 6 unspecified atom stereocenters. The molecule has 0 saturated carbocycles. The summed E-state index contributed by atoms with van der Waals surface area (Å²) in [6.07, 6.45) is 16.7. The number of methoxy groups -OCH3 is 2. The zero-order valence-corrected chi connectivity index (χ0v) is 67.4. The first kappa shape index (κ1) is 82.0. The Bertz CT molecular complexity index is 3250. The maximum absolute atomic E-state index is 13.1. The standard InChI is InChI=1S/C37H54O6Si.C22H33IO4.C21H28O2SeSi/c1-26-23-28(3)34(36(38)40-21-22-44(8,9)10)31(24-26)15-12-16-33-35(43-37(5,6)42-33)27(2)13-11-14-29(4)41-25-30-17-19-32(39-7)20-18-30;1-16(21-20(13-14-23)26-22(3,4)27-21)7-6-8-17(2)25-15-18-9-11-19(24-5)12-10-18;1-16-13-17(2)20(21(22)23-11-12-25(3,4)5)18(14-16)15-24-19-9-7-6-8-10-19/h11-13,15,17-20,23-24,27,29,33,35H,14,16,21-22,25H2,1-10H3;6-7,9-12,16-17,20-21H,8,13-15H2,1-5H3;6-10,13-14H,11-12,15H2,1-5H3/b13-11-,15-12+;7-6-;/t27?,29-,33?,35?;16?,17-,20?,21?;/m11./s1. The van der Waals surface area contributed by atoms with Crippen LogP contribution in [-0.4, -0.2) is 123 Å². The van der Waals surface area contributed by atoms with E-state index in [0.717, 1.165) is 97.1 Å². The van der Waals surface area contributed by atoms with E-state index in [1.165, 1.54) is 10.0 Å². The van der Waals surface area contributed by atoms with Crippen molar-refractivity contribution in [1.82, 2.24) is 0 Å². The summed E-state index contributed by atoms with van der Waals surface area (Å²) in [5.41, 5.74) is 9.97. The number of benzene rings is 5. The van der Waals surface area contributed by atoms with Crippen molar-refractivity contribution in [3.63, 3.8) is 0 Å². The van der Waals surface area contributed by atoms with Crippen molar-refractivity contribution in [2.45, 2.75) is 227 Å². The molecule has 0 bridgehead atoms. The second-order valence-electron chi connectivity index (χ2n) is 29.0. The van der Waals surface area contributed by atoms with Crippen LogP contribution in [0.5, 0.6) is 11.5 Å². The summed E-state index contributed by atoms with van der Waals surface area (Å²) in [5, 5.41) is 0.915. The summed E-state index contributed by atoms with van der Waals surface area (Å²) in [5.74, 6) is 0.622. The Morgan fingerprint density at radius 3 is 1.50 bits per heavy atom. The Morgan fingerprint density at radius 1 is 0.583 bits per heavy atom. The molecule has 8 atom stereocenters. The minimum absolute atomic E-state index is 0.0886. The number of rotatable bonds is 32. The van der Waals surface area contributed by atoms with Crippen LogP contribution < -0.4 is 13.9 Å². The molecule has 5 aromatic rings. The average molecular weight is 1530 g/mol. The Hall–Kier alpha value is -4.70. The van der Waals surface area contributed by atoms with Crippen LogP contribution in [0.15, 0.2) is 134 Å². The summed E-state index contributed by atoms with van der Waals surface area (Å²) in [7, 11) is 0.859. The van der Waals surface area contributed by atoms with Crippen LogP contribution in [0.25, 0.3) is 6.08 Å². The van der Waals surface area contributed by atoms with Crippen molar-refractivity contribution in [1.29, 1.82) is 0 Å². The van der Waals surface area contributed by atoms with E-state index in [9.17, 15) is 9.59 Å². The number of aryl methyl sites for hydroxylation is 4. The van der Waals surface area contributed by atoms with Crippen molar-refractivity contribution in [2.24, 2.45) is 11.8 Å². The van der Waals surface area contributed by atoms with Crippen LogP contribution in [0.2, 0.25) is 51.4 Å². The number of esters is 2. The Morgan fingerprint density at radius 2 is 1.03 bits per heavy atom. The Kier molecular flexibility index (Phi) is 34.1. The molecule has 2 heterocycles. The molecular weight excluding hydrogens is 1410 g/mol. The zero-order valence-electron chi connectivity index (χ0n) is 61.6. The van der Waals surface area contributed by atoms with E-state index in [-0.39, 0.29) is 54.5 Å². The third kappa shape index (κ3) is 29.6. The third-order valence-corrected chi connectivity index (χ3v) is 22.8. The van der Waals surface area contributed by atoms with Crippen LogP contribution in [-0.2, 0) is 56.4 Å². The van der Waals surface area contributed by atoms with Gasteiger partial charge in [0.1, 0.15) is 11.5 Å². The van der Waals surface area contributed by atoms with Gasteiger partial charge in [0.05, 0.1) is 76.2 Å². The summed E-state index contributed by atoms with van der Waals surface area (Å²) >= 11 is 2.71. The number of carbonyl (C=O) groups excluding carboxylic acids is 2. The van der Waals surface area contributed by atoms with E-state index in [1.807, 2.05) is 108 Å². The number of alkyl halides is 1. The van der Waals surface area contributed by atoms with Crippen molar-refractivity contribution in [2.75, 3.05) is 31.9 Å². The van der Waals surface area contributed by atoms with Gasteiger partial charge in [0.25, 0.3) is 0 Å². The monoisotopic (exact) mass is 1530 g/mol. The van der Waals surface area contributed by atoms with Gasteiger partial charge in [-0.05, 0) is 134 Å². The van der Waals surface area contributed by atoms with Gasteiger partial charge in [0, 0.05) is 24.3 Å². The summed E-state index contributed by atoms with van der Waals surface area (Å²) in [6.45, 7) is 40.6. The predicted octanol–water partition coefficient (Wildman–Crippen LogP) is 18.8. The van der Waals surface area contributed by atoms with Gasteiger partial charge in [-0.25, -0.2) is 4.79 Å². The topological polar surface area (TPSA) is 126 Å². The van der Waals surface area contributed by atoms with Crippen LogP contribution in [0.4, 0.5) is 0 Å². The number of halogens is 1. The van der Waals surface area contributed by atoms with Crippen molar-refractivity contribution in [3.8, 4) is 11.5 Å². The molecule has 0 N–H and O–H groups in total. The van der Waals surface area contributed by atoms with Gasteiger partial charge >= 0.3 is 165 Å². The first-order chi connectivity index (χ1) is 45.3. The Labute approximate surface area is 600 Å². The molecule has 7 rings (SSSR count). The molecule has 2 aliphatic rings. The van der Waals surface area contributed by atoms with Crippen molar-refractivity contribution < 1.29 is 57.0 Å². The molecule has 0 aliphatic carbocycles. The molecule has 0 radical (unpaired) electrons. The average Bonchev–Trinajstić information content (AvgIpc) is 1.75. The molecule has 12 nitrogen and oxygen atoms in total. The number of ether oxygens (including phenoxy) is 10. The number of hydrogen-bond acceptors (Lipinski definition) is 12. The molecule has 2 saturated heterocycles. The summed E-state index contributed by atoms with van der Waals surface area (Å²) in [6, 6.07) is 36.7. The molecular formula is C80H115IO12SeSi2. The molecule has 0 aromatic heterocycles. The number of carbonyl (C=O) groups is 2. The molecule has 5 aromatic carbocycles. The van der Waals surface area contributed by atoms with E-state index >= 15 is 0 Å². The van der Waals surface area contributed by atoms with E-state index in [0.29, 0.717) is 59.3 Å². The van der Waals surface area contributed by atoms with E-state index in [4.69, 9.17) is 47.4 Å². The fourth-order valence-corrected chi connectivity index (χ4v) is 15.2. The molecule has 0 amide bonds. The number of hydrogen-bond donors (Lipinski definition) is 0. The van der Waals surface area contributed by atoms with Gasteiger partial charge in [-0.2, -0.15) is 0 Å². The van der Waals surface area contributed by atoms with Gasteiger partial charge in [-0.1, -0.05) is 134 Å². The zero-order chi connectivity index (χ0) is 70.8. The summed E-state index contributed by atoms with van der Waals surface area (Å²) < 4.78 is 61.1. The van der Waals surface area contributed by atoms with Gasteiger partial charge < -0.3 is 42.6 Å². The molecule has 528 valence electrons. The fourth-order valence-electron chi connectivity index (χ4n) is 11.3. The minimum atomic E-state index is -1.29. The van der Waals surface area contributed by atoms with E-state index < -0.39 is 27.7 Å². The first-order valence-corrected chi connectivity index (χ1v) is 45.3. The fraction of sp³-hybridized carbons (Fsp3) is 0.525. The second-order valence-corrected chi connectivity index (χ2v) is 43.6. The van der Waals surface area contributed by atoms with Crippen LogP contribution in [0.3, 0.4) is 0 Å². The SMILES string of the molecule is COc1ccc(CO[C@H](C)C/C=C\C(C)C2OC(C)(C)OC2C/C=C/c2cc(C)cc(C)c2C(=O)OCC[Si](C)(C)C)cc1.COc1ccc(CO[C@H](C)C/C=C\C(C)C2OC(C)(C)OC2CCI)cc1.Cc1cc(C)c(C(=O)OCC[Si](C)(C)C)c(C[Se]c2ccccc2)c1. The van der Waals surface area contributed by atoms with E-state index in [2.05, 4.69) is 176 Å². The molecule has 2 aliphatic heterocycles. The predicted molar refractivity (Wildman–Crippen MR) is 409 cm³/mol. The molecule has 96 heavy (non-hydrogen) atoms. The molecule has 16 heteroatoms. The van der Waals surface area contributed by atoms with Gasteiger partial charge in [0.2, 0.25) is 0 Å².